The van der Waals surface area contributed by atoms with Crippen molar-refractivity contribution >= 4 is 5.78 Å². The lowest BCUT2D eigenvalue weighted by atomic mass is 9.48. The maximum absolute atomic E-state index is 16.4. The first-order chi connectivity index (χ1) is 14.4. The lowest BCUT2D eigenvalue weighted by Gasteiger charge is -2.58. The molecule has 0 radical (unpaired) electrons. The predicted molar refractivity (Wildman–Crippen MR) is 113 cm³/mol. The number of nitrogens with zero attached hydrogens (tertiary/aromatic N) is 2. The molecule has 1 aromatic rings. The fourth-order valence-electron chi connectivity index (χ4n) is 8.14. The molecule has 4 aliphatic rings. The highest BCUT2D eigenvalue weighted by atomic mass is 19.1. The van der Waals surface area contributed by atoms with E-state index >= 15 is 4.39 Å². The Morgan fingerprint density at radius 2 is 1.90 bits per heavy atom. The van der Waals surface area contributed by atoms with E-state index in [9.17, 15) is 4.79 Å². The molecule has 4 aliphatic carbocycles. The SMILES string of the molecule is CC1CCC2(F)C(CCC3C4CCC(C(=O)COc5cncnc5)C4(C)CCC32)C1. The van der Waals surface area contributed by atoms with Crippen molar-refractivity contribution < 1.29 is 13.9 Å². The van der Waals surface area contributed by atoms with Crippen molar-refractivity contribution in [1.82, 2.24) is 9.97 Å². The summed E-state index contributed by atoms with van der Waals surface area (Å²) in [5, 5.41) is 0. The number of aromatic nitrogens is 2. The lowest BCUT2D eigenvalue weighted by Crippen LogP contribution is -2.56. The van der Waals surface area contributed by atoms with Crippen LogP contribution < -0.4 is 4.74 Å². The van der Waals surface area contributed by atoms with Crippen molar-refractivity contribution in [2.75, 3.05) is 6.61 Å². The molecule has 8 unspecified atom stereocenters. The van der Waals surface area contributed by atoms with E-state index < -0.39 is 5.67 Å². The molecule has 164 valence electrons. The minimum Gasteiger partial charge on any atom is -0.483 e. The quantitative estimate of drug-likeness (QED) is 0.660. The van der Waals surface area contributed by atoms with Crippen LogP contribution in [0.3, 0.4) is 0 Å². The van der Waals surface area contributed by atoms with Gasteiger partial charge in [0, 0.05) is 5.92 Å². The molecule has 4 nitrogen and oxygen atoms in total. The monoisotopic (exact) mass is 414 g/mol. The summed E-state index contributed by atoms with van der Waals surface area (Å²) in [7, 11) is 0. The fourth-order valence-corrected chi connectivity index (χ4v) is 8.14. The summed E-state index contributed by atoms with van der Waals surface area (Å²) in [5.41, 5.74) is -0.949. The van der Waals surface area contributed by atoms with E-state index in [0.717, 1.165) is 57.8 Å². The van der Waals surface area contributed by atoms with E-state index in [1.807, 2.05) is 0 Å². The summed E-state index contributed by atoms with van der Waals surface area (Å²) in [6.07, 6.45) is 13.7. The minimum atomic E-state index is -0.949. The van der Waals surface area contributed by atoms with Crippen LogP contribution in [0.25, 0.3) is 0 Å². The van der Waals surface area contributed by atoms with Crippen LogP contribution in [0.15, 0.2) is 18.7 Å². The van der Waals surface area contributed by atoms with Gasteiger partial charge in [-0.1, -0.05) is 13.8 Å². The number of ether oxygens (including phenoxy) is 1. The Morgan fingerprint density at radius 3 is 2.70 bits per heavy atom. The Bertz CT molecular complexity index is 789. The third kappa shape index (κ3) is 3.18. The summed E-state index contributed by atoms with van der Waals surface area (Å²) >= 11 is 0. The maximum atomic E-state index is 16.4. The molecule has 30 heavy (non-hydrogen) atoms. The molecule has 0 amide bonds. The summed E-state index contributed by atoms with van der Waals surface area (Å²) < 4.78 is 22.0. The van der Waals surface area contributed by atoms with Crippen LogP contribution in [0.4, 0.5) is 4.39 Å². The van der Waals surface area contributed by atoms with Gasteiger partial charge in [-0.15, -0.1) is 0 Å². The molecule has 4 saturated carbocycles. The van der Waals surface area contributed by atoms with Gasteiger partial charge in [-0.2, -0.15) is 0 Å². The van der Waals surface area contributed by atoms with Crippen LogP contribution in [0, 0.1) is 40.9 Å². The van der Waals surface area contributed by atoms with Gasteiger partial charge in [0.2, 0.25) is 0 Å². The molecule has 0 N–H and O–H groups in total. The molecular weight excluding hydrogens is 379 g/mol. The third-order valence-electron chi connectivity index (χ3n) is 9.59. The molecule has 0 aromatic carbocycles. The molecule has 0 saturated heterocycles. The number of halogens is 1. The number of carbonyl (C=O) groups excluding carboxylic acids is 1. The Labute approximate surface area is 179 Å². The van der Waals surface area contributed by atoms with Crippen molar-refractivity contribution in [3.8, 4) is 5.75 Å². The smallest absolute Gasteiger partial charge is 0.173 e. The van der Waals surface area contributed by atoms with Crippen LogP contribution in [0.1, 0.15) is 71.6 Å². The standard InChI is InChI=1S/C25H35FN2O2/c1-16-7-10-25(26)17(11-16)3-4-19-20-5-6-22(24(20,2)9-8-21(19)25)23(29)14-30-18-12-27-15-28-13-18/h12-13,15-17,19-22H,3-11,14H2,1-2H3. The Kier molecular flexibility index (Phi) is 5.14. The fraction of sp³-hybridized carbons (Fsp3) is 0.800. The van der Waals surface area contributed by atoms with Crippen LogP contribution in [0.5, 0.6) is 5.75 Å². The van der Waals surface area contributed by atoms with Gasteiger partial charge in [0.05, 0.1) is 12.4 Å². The van der Waals surface area contributed by atoms with E-state index in [0.29, 0.717) is 23.5 Å². The largest absolute Gasteiger partial charge is 0.483 e. The summed E-state index contributed by atoms with van der Waals surface area (Å²) in [6.45, 7) is 4.69. The number of alkyl halides is 1. The number of hydrogen-bond acceptors (Lipinski definition) is 4. The highest BCUT2D eigenvalue weighted by molar-refractivity contribution is 5.83. The molecule has 4 fully saturated rings. The number of fused-ring (bicyclic) bond motifs is 5. The number of carbonyl (C=O) groups is 1. The van der Waals surface area contributed by atoms with Crippen molar-refractivity contribution in [2.24, 2.45) is 40.9 Å². The van der Waals surface area contributed by atoms with Gasteiger partial charge in [0.25, 0.3) is 0 Å². The van der Waals surface area contributed by atoms with E-state index in [4.69, 9.17) is 4.74 Å². The zero-order valence-corrected chi connectivity index (χ0v) is 18.4. The molecule has 1 heterocycles. The number of Topliss-reactive ketones (excluding diaryl/α,β-unsaturated/α-hetero) is 1. The van der Waals surface area contributed by atoms with Gasteiger partial charge >= 0.3 is 0 Å². The van der Waals surface area contributed by atoms with Crippen molar-refractivity contribution in [3.05, 3.63) is 18.7 Å². The molecule has 1 aromatic heterocycles. The third-order valence-corrected chi connectivity index (χ3v) is 9.59. The number of ketones is 1. The summed E-state index contributed by atoms with van der Waals surface area (Å²) in [4.78, 5) is 21.0. The molecule has 5 rings (SSSR count). The Morgan fingerprint density at radius 1 is 1.10 bits per heavy atom. The van der Waals surface area contributed by atoms with E-state index in [2.05, 4.69) is 23.8 Å². The first kappa shape index (κ1) is 20.4. The van der Waals surface area contributed by atoms with Gasteiger partial charge in [0.1, 0.15) is 18.6 Å². The van der Waals surface area contributed by atoms with E-state index in [-0.39, 0.29) is 35.6 Å². The Hall–Kier alpha value is -1.52. The van der Waals surface area contributed by atoms with Crippen LogP contribution in [0.2, 0.25) is 0 Å². The number of hydrogen-bond donors (Lipinski definition) is 0. The zero-order valence-electron chi connectivity index (χ0n) is 18.4. The van der Waals surface area contributed by atoms with Crippen LogP contribution in [-0.2, 0) is 4.79 Å². The molecule has 0 spiro atoms. The Balaban J connectivity index is 1.30. The van der Waals surface area contributed by atoms with E-state index in [1.165, 1.54) is 6.33 Å². The lowest BCUT2D eigenvalue weighted by molar-refractivity contribution is -0.146. The molecule has 5 heteroatoms. The first-order valence-electron chi connectivity index (χ1n) is 12.0. The van der Waals surface area contributed by atoms with Gasteiger partial charge in [-0.3, -0.25) is 4.79 Å². The van der Waals surface area contributed by atoms with Gasteiger partial charge in [-0.25, -0.2) is 14.4 Å². The average molecular weight is 415 g/mol. The highest BCUT2D eigenvalue weighted by Crippen LogP contribution is 2.66. The second-order valence-electron chi connectivity index (χ2n) is 11.0. The first-order valence-corrected chi connectivity index (χ1v) is 12.0. The van der Waals surface area contributed by atoms with Crippen molar-refractivity contribution in [1.29, 1.82) is 0 Å². The van der Waals surface area contributed by atoms with Crippen molar-refractivity contribution in [3.63, 3.8) is 0 Å². The van der Waals surface area contributed by atoms with Crippen LogP contribution in [-0.4, -0.2) is 28.0 Å². The predicted octanol–water partition coefficient (Wildman–Crippen LogP) is 5.42. The van der Waals surface area contributed by atoms with E-state index in [1.54, 1.807) is 12.4 Å². The molecule has 0 aliphatic heterocycles. The van der Waals surface area contributed by atoms with Gasteiger partial charge < -0.3 is 4.74 Å². The topological polar surface area (TPSA) is 52.1 Å². The van der Waals surface area contributed by atoms with Crippen molar-refractivity contribution in [2.45, 2.75) is 77.3 Å². The minimum absolute atomic E-state index is 0.0000467. The normalized spacial score (nSPS) is 45.2. The summed E-state index contributed by atoms with van der Waals surface area (Å²) in [5.74, 6) is 2.87. The second kappa shape index (κ2) is 7.56. The van der Waals surface area contributed by atoms with Gasteiger partial charge in [0.15, 0.2) is 11.5 Å². The van der Waals surface area contributed by atoms with Gasteiger partial charge in [-0.05, 0) is 92.8 Å². The molecule has 8 atom stereocenters. The van der Waals surface area contributed by atoms with Crippen LogP contribution >= 0.6 is 0 Å². The molecular formula is C25H35FN2O2. The second-order valence-corrected chi connectivity index (χ2v) is 11.0. The average Bonchev–Trinajstić information content (AvgIpc) is 3.10. The highest BCUT2D eigenvalue weighted by Gasteiger charge is 2.62. The summed E-state index contributed by atoms with van der Waals surface area (Å²) in [6, 6.07) is 0. The maximum Gasteiger partial charge on any atom is 0.173 e. The zero-order chi connectivity index (χ0) is 20.9. The molecule has 0 bridgehead atoms. The number of rotatable bonds is 4.